The van der Waals surface area contributed by atoms with Crippen LogP contribution < -0.4 is 0 Å². The molecule has 4 rings (SSSR count). The molecule has 3 aliphatic rings. The van der Waals surface area contributed by atoms with Gasteiger partial charge in [-0.2, -0.15) is 0 Å². The standard InChI is InChI=1S/C19H28N4O2/c1-25-12-17-20-9-15(10-21-17)11-22-8-2-6-19(13-22)7-5-18(24)23(14-19)16-3-4-16/h9-10,16H,2-8,11-14H2,1H3/t19-/m0/s1. The van der Waals surface area contributed by atoms with E-state index in [1.807, 2.05) is 12.4 Å². The van der Waals surface area contributed by atoms with Gasteiger partial charge in [-0.3, -0.25) is 9.69 Å². The van der Waals surface area contributed by atoms with E-state index in [9.17, 15) is 4.79 Å². The van der Waals surface area contributed by atoms with Crippen molar-refractivity contribution >= 4 is 5.91 Å². The maximum absolute atomic E-state index is 12.2. The lowest BCUT2D eigenvalue weighted by molar-refractivity contribution is -0.140. The number of carbonyl (C=O) groups excluding carboxylic acids is 1. The molecule has 0 bridgehead atoms. The van der Waals surface area contributed by atoms with Gasteiger partial charge in [-0.05, 0) is 38.6 Å². The van der Waals surface area contributed by atoms with Crippen LogP contribution in [-0.2, 0) is 22.7 Å². The van der Waals surface area contributed by atoms with Gasteiger partial charge in [0.15, 0.2) is 5.82 Å². The van der Waals surface area contributed by atoms with Gasteiger partial charge in [-0.15, -0.1) is 0 Å². The largest absolute Gasteiger partial charge is 0.377 e. The molecule has 3 fully saturated rings. The predicted octanol–water partition coefficient (Wildman–Crippen LogP) is 1.99. The molecule has 0 radical (unpaired) electrons. The molecule has 3 heterocycles. The van der Waals surface area contributed by atoms with Crippen molar-refractivity contribution in [2.24, 2.45) is 5.41 Å². The predicted molar refractivity (Wildman–Crippen MR) is 93.7 cm³/mol. The van der Waals surface area contributed by atoms with Crippen molar-refractivity contribution in [1.29, 1.82) is 0 Å². The molecule has 25 heavy (non-hydrogen) atoms. The fourth-order valence-electron chi connectivity index (χ4n) is 4.47. The molecule has 1 spiro atoms. The Bertz CT molecular complexity index is 616. The minimum absolute atomic E-state index is 0.297. The van der Waals surface area contributed by atoms with Crippen LogP contribution in [0, 0.1) is 5.41 Å². The summed E-state index contributed by atoms with van der Waals surface area (Å²) in [7, 11) is 1.66. The summed E-state index contributed by atoms with van der Waals surface area (Å²) in [5.41, 5.74) is 1.45. The first-order valence-corrected chi connectivity index (χ1v) is 9.48. The lowest BCUT2D eigenvalue weighted by atomic mass is 9.73. The third-order valence-corrected chi connectivity index (χ3v) is 5.86. The number of piperidine rings is 2. The van der Waals surface area contributed by atoms with Crippen LogP contribution in [0.4, 0.5) is 0 Å². The summed E-state index contributed by atoms with van der Waals surface area (Å²) in [6, 6.07) is 0.543. The number of methoxy groups -OCH3 is 1. The number of ether oxygens (including phenoxy) is 1. The van der Waals surface area contributed by atoms with Crippen molar-refractivity contribution < 1.29 is 9.53 Å². The Kier molecular flexibility index (Phi) is 4.73. The second-order valence-corrected chi connectivity index (χ2v) is 8.01. The average Bonchev–Trinajstić information content (AvgIpc) is 3.45. The number of nitrogens with zero attached hydrogens (tertiary/aromatic N) is 4. The quantitative estimate of drug-likeness (QED) is 0.818. The van der Waals surface area contributed by atoms with Crippen LogP contribution in [-0.4, -0.2) is 58.5 Å². The highest BCUT2D eigenvalue weighted by molar-refractivity contribution is 5.78. The Morgan fingerprint density at radius 1 is 1.24 bits per heavy atom. The van der Waals surface area contributed by atoms with E-state index in [-0.39, 0.29) is 0 Å². The number of aromatic nitrogens is 2. The van der Waals surface area contributed by atoms with Crippen molar-refractivity contribution in [3.63, 3.8) is 0 Å². The van der Waals surface area contributed by atoms with Gasteiger partial charge in [0, 0.05) is 62.6 Å². The normalized spacial score (nSPS) is 27.9. The van der Waals surface area contributed by atoms with Crippen LogP contribution in [0.2, 0.25) is 0 Å². The van der Waals surface area contributed by atoms with Crippen molar-refractivity contribution in [2.45, 2.75) is 57.7 Å². The number of amides is 1. The molecule has 1 aromatic rings. The highest BCUT2D eigenvalue weighted by atomic mass is 16.5. The first-order chi connectivity index (χ1) is 12.2. The summed E-state index contributed by atoms with van der Waals surface area (Å²) < 4.78 is 5.07. The van der Waals surface area contributed by atoms with Crippen LogP contribution in [0.1, 0.15) is 49.9 Å². The van der Waals surface area contributed by atoms with Crippen molar-refractivity contribution in [2.75, 3.05) is 26.7 Å². The molecule has 1 atom stereocenters. The maximum atomic E-state index is 12.2. The number of rotatable bonds is 5. The molecule has 2 saturated heterocycles. The Morgan fingerprint density at radius 2 is 2.04 bits per heavy atom. The van der Waals surface area contributed by atoms with E-state index >= 15 is 0 Å². The zero-order chi connectivity index (χ0) is 17.3. The molecular formula is C19H28N4O2. The zero-order valence-corrected chi connectivity index (χ0v) is 15.1. The van der Waals surface area contributed by atoms with E-state index < -0.39 is 0 Å². The van der Waals surface area contributed by atoms with Crippen LogP contribution >= 0.6 is 0 Å². The topological polar surface area (TPSA) is 58.6 Å². The summed E-state index contributed by atoms with van der Waals surface area (Å²) in [5.74, 6) is 1.11. The number of carbonyl (C=O) groups is 1. The summed E-state index contributed by atoms with van der Waals surface area (Å²) in [5, 5.41) is 0. The van der Waals surface area contributed by atoms with Gasteiger partial charge in [0.05, 0.1) is 0 Å². The smallest absolute Gasteiger partial charge is 0.222 e. The Morgan fingerprint density at radius 3 is 2.76 bits per heavy atom. The fraction of sp³-hybridized carbons (Fsp3) is 0.737. The van der Waals surface area contributed by atoms with Gasteiger partial charge in [0.1, 0.15) is 6.61 Å². The third-order valence-electron chi connectivity index (χ3n) is 5.86. The van der Waals surface area contributed by atoms with Gasteiger partial charge in [-0.1, -0.05) is 0 Å². The highest BCUT2D eigenvalue weighted by Crippen LogP contribution is 2.42. The average molecular weight is 344 g/mol. The van der Waals surface area contributed by atoms with E-state index in [4.69, 9.17) is 4.74 Å². The van der Waals surface area contributed by atoms with Gasteiger partial charge in [-0.25, -0.2) is 9.97 Å². The molecular weight excluding hydrogens is 316 g/mol. The Hall–Kier alpha value is -1.53. The molecule has 6 heteroatoms. The SMILES string of the molecule is COCc1ncc(CN2CCC[C@]3(CCC(=O)N(C4CC4)C3)C2)cn1. The summed E-state index contributed by atoms with van der Waals surface area (Å²) in [6.45, 7) is 4.53. The Labute approximate surface area is 149 Å². The van der Waals surface area contributed by atoms with Gasteiger partial charge < -0.3 is 9.64 Å². The minimum Gasteiger partial charge on any atom is -0.377 e. The second kappa shape index (κ2) is 7.00. The summed E-state index contributed by atoms with van der Waals surface area (Å²) in [4.78, 5) is 25.7. The fourth-order valence-corrected chi connectivity index (χ4v) is 4.47. The van der Waals surface area contributed by atoms with Crippen LogP contribution in [0.25, 0.3) is 0 Å². The van der Waals surface area contributed by atoms with E-state index in [1.165, 1.54) is 25.7 Å². The zero-order valence-electron chi connectivity index (χ0n) is 15.1. The summed E-state index contributed by atoms with van der Waals surface area (Å²) >= 11 is 0. The molecule has 1 aliphatic carbocycles. The van der Waals surface area contributed by atoms with Crippen LogP contribution in [0.5, 0.6) is 0 Å². The number of hydrogen-bond donors (Lipinski definition) is 0. The number of hydrogen-bond acceptors (Lipinski definition) is 5. The van der Waals surface area contributed by atoms with Gasteiger partial charge in [0.2, 0.25) is 5.91 Å². The molecule has 1 amide bonds. The molecule has 6 nitrogen and oxygen atoms in total. The first-order valence-electron chi connectivity index (χ1n) is 9.48. The lowest BCUT2D eigenvalue weighted by Gasteiger charge is -2.48. The van der Waals surface area contributed by atoms with Crippen molar-refractivity contribution in [3.8, 4) is 0 Å². The Balaban J connectivity index is 1.39. The monoisotopic (exact) mass is 344 g/mol. The van der Waals surface area contributed by atoms with E-state index in [2.05, 4.69) is 19.8 Å². The van der Waals surface area contributed by atoms with Gasteiger partial charge in [0.25, 0.3) is 0 Å². The first kappa shape index (κ1) is 16.9. The molecule has 2 aliphatic heterocycles. The molecule has 0 N–H and O–H groups in total. The molecule has 136 valence electrons. The maximum Gasteiger partial charge on any atom is 0.222 e. The van der Waals surface area contributed by atoms with E-state index in [1.54, 1.807) is 7.11 Å². The lowest BCUT2D eigenvalue weighted by Crippen LogP contribution is -2.54. The van der Waals surface area contributed by atoms with Gasteiger partial charge >= 0.3 is 0 Å². The third kappa shape index (κ3) is 3.85. The van der Waals surface area contributed by atoms with E-state index in [0.717, 1.165) is 50.4 Å². The summed E-state index contributed by atoms with van der Waals surface area (Å²) in [6.07, 6.45) is 10.5. The second-order valence-electron chi connectivity index (χ2n) is 8.01. The highest BCUT2D eigenvalue weighted by Gasteiger charge is 2.45. The minimum atomic E-state index is 0.297. The molecule has 0 aromatic carbocycles. The molecule has 0 unspecified atom stereocenters. The van der Waals surface area contributed by atoms with Crippen molar-refractivity contribution in [3.05, 3.63) is 23.8 Å². The number of likely N-dealkylation sites (tertiary alicyclic amines) is 2. The molecule has 1 aromatic heterocycles. The molecule has 1 saturated carbocycles. The van der Waals surface area contributed by atoms with Crippen molar-refractivity contribution in [1.82, 2.24) is 19.8 Å². The van der Waals surface area contributed by atoms with E-state index in [0.29, 0.717) is 24.0 Å². The van der Waals surface area contributed by atoms with Crippen LogP contribution in [0.15, 0.2) is 12.4 Å². The van der Waals surface area contributed by atoms with Crippen LogP contribution in [0.3, 0.4) is 0 Å².